The molecule has 2 nitrogen and oxygen atoms in total. The van der Waals surface area contributed by atoms with Crippen molar-refractivity contribution in [2.75, 3.05) is 0 Å². The van der Waals surface area contributed by atoms with Gasteiger partial charge in [-0.2, -0.15) is 0 Å². The van der Waals surface area contributed by atoms with Crippen LogP contribution in [-0.2, 0) is 0 Å². The van der Waals surface area contributed by atoms with Gasteiger partial charge in [0.15, 0.2) is 0 Å². The minimum absolute atomic E-state index is 0.271. The van der Waals surface area contributed by atoms with Crippen molar-refractivity contribution in [3.05, 3.63) is 70.3 Å². The summed E-state index contributed by atoms with van der Waals surface area (Å²) in [4.78, 5) is 0. The molecular formula is C17H12ClNOS. The zero-order chi connectivity index (χ0) is 14.4. The Morgan fingerprint density at radius 1 is 1.10 bits per heavy atom. The van der Waals surface area contributed by atoms with E-state index in [2.05, 4.69) is 17.5 Å². The lowest BCUT2D eigenvalue weighted by Gasteiger charge is -2.07. The monoisotopic (exact) mass is 313 g/mol. The lowest BCUT2D eigenvalue weighted by atomic mass is 10.0. The smallest absolute Gasteiger partial charge is 0.134 e. The average molecular weight is 314 g/mol. The van der Waals surface area contributed by atoms with Gasteiger partial charge < -0.3 is 10.2 Å². The highest BCUT2D eigenvalue weighted by Crippen LogP contribution is 2.34. The molecule has 0 spiro atoms. The van der Waals surface area contributed by atoms with Crippen molar-refractivity contribution in [3.63, 3.8) is 0 Å². The van der Waals surface area contributed by atoms with Crippen LogP contribution in [-0.4, -0.2) is 0 Å². The number of furan rings is 1. The number of hydrogen-bond donors (Lipinski definition) is 1. The molecular weight excluding hydrogens is 302 g/mol. The van der Waals surface area contributed by atoms with Crippen LogP contribution in [0.4, 0.5) is 0 Å². The molecule has 0 fully saturated rings. The van der Waals surface area contributed by atoms with Crippen molar-refractivity contribution < 1.29 is 4.42 Å². The first-order valence-corrected chi connectivity index (χ1v) is 7.89. The Kier molecular flexibility index (Phi) is 3.00. The second-order valence-electron chi connectivity index (χ2n) is 5.00. The molecule has 0 aliphatic carbocycles. The zero-order valence-electron chi connectivity index (χ0n) is 11.0. The number of halogens is 1. The minimum atomic E-state index is -0.271. The van der Waals surface area contributed by atoms with E-state index in [0.717, 1.165) is 22.3 Å². The third-order valence-corrected chi connectivity index (χ3v) is 4.87. The van der Waals surface area contributed by atoms with E-state index in [4.69, 9.17) is 21.8 Å². The van der Waals surface area contributed by atoms with Crippen LogP contribution in [0.15, 0.2) is 58.3 Å². The molecule has 1 atom stereocenters. The molecule has 0 saturated heterocycles. The molecule has 4 heteroatoms. The average Bonchev–Trinajstić information content (AvgIpc) is 3.09. The van der Waals surface area contributed by atoms with Gasteiger partial charge in [0.25, 0.3) is 0 Å². The van der Waals surface area contributed by atoms with Crippen LogP contribution < -0.4 is 5.73 Å². The third-order valence-electron chi connectivity index (χ3n) is 3.65. The summed E-state index contributed by atoms with van der Waals surface area (Å²) in [5.74, 6) is 0.760. The summed E-state index contributed by atoms with van der Waals surface area (Å²) < 4.78 is 7.12. The summed E-state index contributed by atoms with van der Waals surface area (Å²) in [6.07, 6.45) is 0. The first kappa shape index (κ1) is 12.9. The maximum Gasteiger partial charge on any atom is 0.134 e. The third kappa shape index (κ3) is 2.14. The Morgan fingerprint density at radius 2 is 1.95 bits per heavy atom. The normalized spacial score (nSPS) is 13.0. The quantitative estimate of drug-likeness (QED) is 0.542. The van der Waals surface area contributed by atoms with Gasteiger partial charge in [0.1, 0.15) is 11.3 Å². The molecule has 2 aromatic heterocycles. The summed E-state index contributed by atoms with van der Waals surface area (Å²) in [6, 6.07) is 15.6. The molecule has 2 heterocycles. The molecule has 4 aromatic rings. The Hall–Kier alpha value is -1.81. The van der Waals surface area contributed by atoms with Crippen molar-refractivity contribution in [1.82, 2.24) is 0 Å². The van der Waals surface area contributed by atoms with Gasteiger partial charge in [-0.15, -0.1) is 11.3 Å². The van der Waals surface area contributed by atoms with E-state index in [1.165, 1.54) is 10.1 Å². The molecule has 0 amide bonds. The number of rotatable bonds is 2. The van der Waals surface area contributed by atoms with Crippen molar-refractivity contribution in [3.8, 4) is 0 Å². The summed E-state index contributed by atoms with van der Waals surface area (Å²) in [5.41, 5.74) is 8.32. The van der Waals surface area contributed by atoms with Crippen molar-refractivity contribution in [2.24, 2.45) is 5.73 Å². The second kappa shape index (κ2) is 4.88. The van der Waals surface area contributed by atoms with E-state index in [9.17, 15) is 0 Å². The highest BCUT2D eigenvalue weighted by molar-refractivity contribution is 7.17. The van der Waals surface area contributed by atoms with Gasteiger partial charge in [-0.05, 0) is 46.7 Å². The fourth-order valence-electron chi connectivity index (χ4n) is 2.58. The second-order valence-corrected chi connectivity index (χ2v) is 6.34. The van der Waals surface area contributed by atoms with Crippen LogP contribution in [0.3, 0.4) is 0 Å². The van der Waals surface area contributed by atoms with Crippen molar-refractivity contribution in [1.29, 1.82) is 0 Å². The van der Waals surface area contributed by atoms with Crippen LogP contribution in [0, 0.1) is 0 Å². The number of hydrogen-bond acceptors (Lipinski definition) is 3. The predicted octanol–water partition coefficient (Wildman–Crippen LogP) is 5.35. The molecule has 21 heavy (non-hydrogen) atoms. The summed E-state index contributed by atoms with van der Waals surface area (Å²) in [6.45, 7) is 0. The fraction of sp³-hybridized carbons (Fsp3) is 0.0588. The molecule has 0 saturated carbocycles. The maximum atomic E-state index is 6.41. The summed E-state index contributed by atoms with van der Waals surface area (Å²) >= 11 is 7.72. The highest BCUT2D eigenvalue weighted by Gasteiger charge is 2.17. The van der Waals surface area contributed by atoms with Crippen molar-refractivity contribution >= 4 is 44.0 Å². The molecule has 0 aliphatic rings. The highest BCUT2D eigenvalue weighted by atomic mass is 35.5. The van der Waals surface area contributed by atoms with Gasteiger partial charge >= 0.3 is 0 Å². The number of benzene rings is 2. The van der Waals surface area contributed by atoms with Crippen LogP contribution in [0.25, 0.3) is 21.1 Å². The molecule has 0 bridgehead atoms. The number of nitrogens with two attached hydrogens (primary N) is 1. The molecule has 2 aromatic carbocycles. The topological polar surface area (TPSA) is 39.2 Å². The fourth-order valence-corrected chi connectivity index (χ4v) is 3.76. The van der Waals surface area contributed by atoms with Gasteiger partial charge in [-0.1, -0.05) is 29.8 Å². The first-order chi connectivity index (χ1) is 10.2. The lowest BCUT2D eigenvalue weighted by Crippen LogP contribution is -2.10. The maximum absolute atomic E-state index is 6.41. The van der Waals surface area contributed by atoms with Gasteiger partial charge in [-0.25, -0.2) is 0 Å². The van der Waals surface area contributed by atoms with E-state index in [1.807, 2.05) is 36.4 Å². The summed E-state index contributed by atoms with van der Waals surface area (Å²) in [7, 11) is 0. The lowest BCUT2D eigenvalue weighted by molar-refractivity contribution is 0.526. The van der Waals surface area contributed by atoms with Crippen LogP contribution >= 0.6 is 22.9 Å². The van der Waals surface area contributed by atoms with E-state index in [-0.39, 0.29) is 6.04 Å². The standard InChI is InChI=1S/C17H12ClNOS/c18-11-5-6-14-10(7-11)8-15(20-14)17(19)13-9-21-16-4-2-1-3-12(13)16/h1-9,17H,19H2. The molecule has 0 radical (unpaired) electrons. The minimum Gasteiger partial charge on any atom is -0.459 e. The van der Waals surface area contributed by atoms with E-state index in [1.54, 1.807) is 11.3 Å². The van der Waals surface area contributed by atoms with Crippen molar-refractivity contribution in [2.45, 2.75) is 6.04 Å². The van der Waals surface area contributed by atoms with E-state index >= 15 is 0 Å². The van der Waals surface area contributed by atoms with E-state index < -0.39 is 0 Å². The molecule has 104 valence electrons. The Labute approximate surface area is 130 Å². The Bertz CT molecular complexity index is 940. The van der Waals surface area contributed by atoms with Gasteiger partial charge in [-0.3, -0.25) is 0 Å². The van der Waals surface area contributed by atoms with Gasteiger partial charge in [0.05, 0.1) is 6.04 Å². The van der Waals surface area contributed by atoms with Crippen LogP contribution in [0.1, 0.15) is 17.4 Å². The number of fused-ring (bicyclic) bond motifs is 2. The molecule has 2 N–H and O–H groups in total. The largest absolute Gasteiger partial charge is 0.459 e. The molecule has 4 rings (SSSR count). The predicted molar refractivity (Wildman–Crippen MR) is 89.1 cm³/mol. The van der Waals surface area contributed by atoms with Gasteiger partial charge in [0, 0.05) is 15.1 Å². The van der Waals surface area contributed by atoms with E-state index in [0.29, 0.717) is 5.02 Å². The zero-order valence-corrected chi connectivity index (χ0v) is 12.6. The van der Waals surface area contributed by atoms with Crippen LogP contribution in [0.5, 0.6) is 0 Å². The first-order valence-electron chi connectivity index (χ1n) is 6.63. The Morgan fingerprint density at radius 3 is 2.86 bits per heavy atom. The molecule has 0 aliphatic heterocycles. The SMILES string of the molecule is NC(c1cc2cc(Cl)ccc2o1)c1csc2ccccc12. The van der Waals surface area contributed by atoms with Crippen LogP contribution in [0.2, 0.25) is 5.02 Å². The number of thiophene rings is 1. The molecule has 1 unspecified atom stereocenters. The van der Waals surface area contributed by atoms with Gasteiger partial charge in [0.2, 0.25) is 0 Å². The Balaban J connectivity index is 1.83. The summed E-state index contributed by atoms with van der Waals surface area (Å²) in [5, 5.41) is 4.97.